The summed E-state index contributed by atoms with van der Waals surface area (Å²) >= 11 is 11.2. The summed E-state index contributed by atoms with van der Waals surface area (Å²) in [6, 6.07) is 7.82. The van der Waals surface area contributed by atoms with Crippen molar-refractivity contribution in [3.8, 4) is 0 Å². The van der Waals surface area contributed by atoms with Crippen molar-refractivity contribution < 1.29 is 4.74 Å². The molecule has 0 aromatic heterocycles. The standard InChI is InChI=1S/C14H19ClN2OS/c1-17(10-11-4-6-12(15)7-5-11)14(19)16-9-13-3-2-8-18-13/h4-7,13H,2-3,8-10H2,1H3,(H,16,19)/t13-/m0/s1. The number of hydrogen-bond acceptors (Lipinski definition) is 2. The molecule has 0 aliphatic carbocycles. The van der Waals surface area contributed by atoms with Crippen LogP contribution in [0.1, 0.15) is 18.4 Å². The van der Waals surface area contributed by atoms with Gasteiger partial charge in [0, 0.05) is 31.8 Å². The van der Waals surface area contributed by atoms with Crippen LogP contribution < -0.4 is 5.32 Å². The second-order valence-corrected chi connectivity index (χ2v) is 5.63. The Morgan fingerprint density at radius 3 is 2.84 bits per heavy atom. The zero-order chi connectivity index (χ0) is 13.7. The summed E-state index contributed by atoms with van der Waals surface area (Å²) in [7, 11) is 1.99. The van der Waals surface area contributed by atoms with Crippen molar-refractivity contribution in [3.05, 3.63) is 34.9 Å². The first-order valence-corrected chi connectivity index (χ1v) is 7.29. The molecular formula is C14H19ClN2OS. The van der Waals surface area contributed by atoms with E-state index in [2.05, 4.69) is 5.32 Å². The Morgan fingerprint density at radius 1 is 1.47 bits per heavy atom. The molecule has 1 saturated heterocycles. The summed E-state index contributed by atoms with van der Waals surface area (Å²) in [6.45, 7) is 2.44. The normalized spacial score (nSPS) is 18.3. The third-order valence-electron chi connectivity index (χ3n) is 3.18. The van der Waals surface area contributed by atoms with Crippen molar-refractivity contribution in [3.63, 3.8) is 0 Å². The summed E-state index contributed by atoms with van der Waals surface area (Å²) in [5.74, 6) is 0. The Kier molecular flexibility index (Phi) is 5.43. The van der Waals surface area contributed by atoms with E-state index in [0.717, 1.165) is 42.7 Å². The van der Waals surface area contributed by atoms with Crippen LogP contribution in [0, 0.1) is 0 Å². The number of rotatable bonds is 4. The van der Waals surface area contributed by atoms with Gasteiger partial charge in [0.05, 0.1) is 6.10 Å². The lowest BCUT2D eigenvalue weighted by Crippen LogP contribution is -2.40. The van der Waals surface area contributed by atoms with Gasteiger partial charge in [-0.05, 0) is 42.8 Å². The van der Waals surface area contributed by atoms with Crippen LogP contribution in [-0.4, -0.2) is 36.3 Å². The molecule has 19 heavy (non-hydrogen) atoms. The Hall–Kier alpha value is -0.840. The van der Waals surface area contributed by atoms with Gasteiger partial charge in [-0.15, -0.1) is 0 Å². The van der Waals surface area contributed by atoms with E-state index in [1.54, 1.807) is 0 Å². The fourth-order valence-electron chi connectivity index (χ4n) is 2.08. The molecule has 104 valence electrons. The molecule has 0 spiro atoms. The van der Waals surface area contributed by atoms with Crippen molar-refractivity contribution >= 4 is 28.9 Å². The molecule has 1 aliphatic rings. The van der Waals surface area contributed by atoms with Gasteiger partial charge in [-0.1, -0.05) is 23.7 Å². The van der Waals surface area contributed by atoms with Gasteiger partial charge >= 0.3 is 0 Å². The lowest BCUT2D eigenvalue weighted by molar-refractivity contribution is 0.113. The Bertz CT molecular complexity index is 418. The monoisotopic (exact) mass is 298 g/mol. The minimum atomic E-state index is 0.307. The van der Waals surface area contributed by atoms with Crippen molar-refractivity contribution in [2.75, 3.05) is 20.2 Å². The molecule has 1 aromatic carbocycles. The lowest BCUT2D eigenvalue weighted by Gasteiger charge is -2.22. The maximum Gasteiger partial charge on any atom is 0.169 e. The first-order chi connectivity index (χ1) is 9.15. The van der Waals surface area contributed by atoms with E-state index in [4.69, 9.17) is 28.6 Å². The van der Waals surface area contributed by atoms with Crippen LogP contribution in [0.5, 0.6) is 0 Å². The van der Waals surface area contributed by atoms with Gasteiger partial charge in [0.1, 0.15) is 0 Å². The maximum atomic E-state index is 5.87. The molecular weight excluding hydrogens is 280 g/mol. The highest BCUT2D eigenvalue weighted by Crippen LogP contribution is 2.12. The summed E-state index contributed by atoms with van der Waals surface area (Å²) < 4.78 is 5.56. The molecule has 3 nitrogen and oxygen atoms in total. The molecule has 1 N–H and O–H groups in total. The van der Waals surface area contributed by atoms with Crippen LogP contribution >= 0.6 is 23.8 Å². The molecule has 0 unspecified atom stereocenters. The summed E-state index contributed by atoms with van der Waals surface area (Å²) in [5, 5.41) is 4.77. The van der Waals surface area contributed by atoms with Gasteiger partial charge in [-0.2, -0.15) is 0 Å². The number of benzene rings is 1. The van der Waals surface area contributed by atoms with Crippen molar-refractivity contribution in [2.45, 2.75) is 25.5 Å². The van der Waals surface area contributed by atoms with Crippen LogP contribution in [0.25, 0.3) is 0 Å². The van der Waals surface area contributed by atoms with Gasteiger partial charge in [0.25, 0.3) is 0 Å². The third kappa shape index (κ3) is 4.64. The zero-order valence-corrected chi connectivity index (χ0v) is 12.6. The second-order valence-electron chi connectivity index (χ2n) is 4.80. The fourth-order valence-corrected chi connectivity index (χ4v) is 2.35. The molecule has 1 heterocycles. The zero-order valence-electron chi connectivity index (χ0n) is 11.1. The van der Waals surface area contributed by atoms with Crippen molar-refractivity contribution in [2.24, 2.45) is 0 Å². The van der Waals surface area contributed by atoms with E-state index in [0.29, 0.717) is 6.10 Å². The summed E-state index contributed by atoms with van der Waals surface area (Å²) in [6.07, 6.45) is 2.58. The summed E-state index contributed by atoms with van der Waals surface area (Å²) in [5.41, 5.74) is 1.19. The third-order valence-corrected chi connectivity index (χ3v) is 3.89. The van der Waals surface area contributed by atoms with Crippen LogP contribution in [-0.2, 0) is 11.3 Å². The van der Waals surface area contributed by atoms with Gasteiger partial charge in [0.15, 0.2) is 5.11 Å². The number of halogens is 1. The van der Waals surface area contributed by atoms with E-state index in [-0.39, 0.29) is 0 Å². The van der Waals surface area contributed by atoms with Gasteiger partial charge < -0.3 is 15.0 Å². The Morgan fingerprint density at radius 2 is 2.21 bits per heavy atom. The average molecular weight is 299 g/mol. The highest BCUT2D eigenvalue weighted by atomic mass is 35.5. The van der Waals surface area contributed by atoms with E-state index >= 15 is 0 Å². The number of nitrogens with one attached hydrogen (secondary N) is 1. The molecule has 1 aliphatic heterocycles. The van der Waals surface area contributed by atoms with E-state index < -0.39 is 0 Å². The van der Waals surface area contributed by atoms with Crippen LogP contribution in [0.15, 0.2) is 24.3 Å². The smallest absolute Gasteiger partial charge is 0.169 e. The number of thiocarbonyl (C=S) groups is 1. The first kappa shape index (κ1) is 14.6. The van der Waals surface area contributed by atoms with E-state index in [1.807, 2.05) is 36.2 Å². The topological polar surface area (TPSA) is 24.5 Å². The van der Waals surface area contributed by atoms with E-state index in [1.165, 1.54) is 5.56 Å². The fraction of sp³-hybridized carbons (Fsp3) is 0.500. The highest BCUT2D eigenvalue weighted by Gasteiger charge is 2.16. The number of nitrogens with zero attached hydrogens (tertiary/aromatic N) is 1. The lowest BCUT2D eigenvalue weighted by atomic mass is 10.2. The minimum Gasteiger partial charge on any atom is -0.376 e. The molecule has 0 radical (unpaired) electrons. The van der Waals surface area contributed by atoms with Gasteiger partial charge in [-0.25, -0.2) is 0 Å². The van der Waals surface area contributed by atoms with Crippen LogP contribution in [0.3, 0.4) is 0 Å². The largest absolute Gasteiger partial charge is 0.376 e. The maximum absolute atomic E-state index is 5.87. The number of ether oxygens (including phenoxy) is 1. The SMILES string of the molecule is CN(Cc1ccc(Cl)cc1)C(=S)NC[C@@H]1CCCO1. The van der Waals surface area contributed by atoms with E-state index in [9.17, 15) is 0 Å². The second kappa shape index (κ2) is 7.08. The minimum absolute atomic E-state index is 0.307. The first-order valence-electron chi connectivity index (χ1n) is 6.50. The molecule has 0 amide bonds. The molecule has 2 rings (SSSR count). The molecule has 1 aromatic rings. The van der Waals surface area contributed by atoms with Crippen LogP contribution in [0.2, 0.25) is 5.02 Å². The molecule has 1 fully saturated rings. The molecule has 0 saturated carbocycles. The molecule has 0 bridgehead atoms. The predicted molar refractivity (Wildman–Crippen MR) is 82.5 cm³/mol. The average Bonchev–Trinajstić information content (AvgIpc) is 2.91. The molecule has 1 atom stereocenters. The summed E-state index contributed by atoms with van der Waals surface area (Å²) in [4.78, 5) is 2.02. The molecule has 5 heteroatoms. The Balaban J connectivity index is 1.76. The predicted octanol–water partition coefficient (Wildman–Crippen LogP) is 2.83. The van der Waals surface area contributed by atoms with Crippen molar-refractivity contribution in [1.82, 2.24) is 10.2 Å². The van der Waals surface area contributed by atoms with Crippen LogP contribution in [0.4, 0.5) is 0 Å². The van der Waals surface area contributed by atoms with Crippen molar-refractivity contribution in [1.29, 1.82) is 0 Å². The quantitative estimate of drug-likeness (QED) is 0.864. The highest BCUT2D eigenvalue weighted by molar-refractivity contribution is 7.80. The van der Waals surface area contributed by atoms with Gasteiger partial charge in [0.2, 0.25) is 0 Å². The number of hydrogen-bond donors (Lipinski definition) is 1. The Labute approximate surface area is 124 Å². The van der Waals surface area contributed by atoms with Gasteiger partial charge in [-0.3, -0.25) is 0 Å².